The third kappa shape index (κ3) is 9.24. The summed E-state index contributed by atoms with van der Waals surface area (Å²) in [7, 11) is 1.52. The van der Waals surface area contributed by atoms with Gasteiger partial charge in [-0.15, -0.1) is 18.2 Å². The summed E-state index contributed by atoms with van der Waals surface area (Å²) in [5.41, 5.74) is 5.04. The number of unbranched alkanes of at least 4 members (excludes halogenated alkanes) is 2. The van der Waals surface area contributed by atoms with E-state index >= 15 is 0 Å². The molecule has 1 amide bonds. The van der Waals surface area contributed by atoms with E-state index in [9.17, 15) is 15.0 Å². The van der Waals surface area contributed by atoms with Crippen molar-refractivity contribution in [3.63, 3.8) is 0 Å². The molecule has 2 N–H and O–H groups in total. The number of aliphatic hydroxyl groups excluding tert-OH is 2. The summed E-state index contributed by atoms with van der Waals surface area (Å²) in [6.07, 6.45) is 8.16. The number of carbonyl (C=O) groups excluding carboxylic acids is 1. The van der Waals surface area contributed by atoms with Crippen LogP contribution in [0.25, 0.3) is 0 Å². The number of hydrogen-bond donors (Lipinski definition) is 2. The quantitative estimate of drug-likeness (QED) is 0.0496. The summed E-state index contributed by atoms with van der Waals surface area (Å²) in [5.74, 6) is 0.508. The van der Waals surface area contributed by atoms with Crippen molar-refractivity contribution >= 4 is 23.4 Å². The van der Waals surface area contributed by atoms with Crippen molar-refractivity contribution in [1.82, 2.24) is 9.88 Å². The lowest BCUT2D eigenvalue weighted by molar-refractivity contribution is -0.256. The smallest absolute Gasteiger partial charge is 0.410 e. The number of hydrogen-bond acceptors (Lipinski definition) is 12. The summed E-state index contributed by atoms with van der Waals surface area (Å²) in [4.78, 5) is 26.4. The molecule has 2 aliphatic heterocycles. The van der Waals surface area contributed by atoms with Gasteiger partial charge in [0.15, 0.2) is 11.5 Å². The number of allylic oxidation sites excluding steroid dienone is 1. The molecule has 0 radical (unpaired) electrons. The van der Waals surface area contributed by atoms with Crippen molar-refractivity contribution < 1.29 is 48.3 Å². The van der Waals surface area contributed by atoms with Gasteiger partial charge in [0.25, 0.3) is 0 Å². The number of halogens is 1. The molecule has 0 saturated heterocycles. The zero-order chi connectivity index (χ0) is 42.1. The van der Waals surface area contributed by atoms with E-state index in [4.69, 9.17) is 44.9 Å². The Morgan fingerprint density at radius 3 is 2.62 bits per heavy atom. The summed E-state index contributed by atoms with van der Waals surface area (Å²) in [6.45, 7) is 6.77. The number of nitrogens with zero attached hydrogens (tertiary/aromatic N) is 3. The van der Waals surface area contributed by atoms with Crippen molar-refractivity contribution in [2.45, 2.75) is 82.8 Å². The Labute approximate surface area is 356 Å². The Morgan fingerprint density at radius 2 is 1.85 bits per heavy atom. The highest BCUT2D eigenvalue weighted by Crippen LogP contribution is 2.62. The van der Waals surface area contributed by atoms with Crippen LogP contribution in [0.3, 0.4) is 0 Å². The molecule has 2 aromatic carbocycles. The van der Waals surface area contributed by atoms with Gasteiger partial charge in [0.05, 0.1) is 29.8 Å². The number of rotatable bonds is 20. The second-order valence-corrected chi connectivity index (χ2v) is 16.0. The molecule has 6 atom stereocenters. The van der Waals surface area contributed by atoms with E-state index in [0.717, 1.165) is 53.8 Å². The van der Waals surface area contributed by atoms with Gasteiger partial charge in [0.1, 0.15) is 37.9 Å². The fraction of sp³-hybridized carbons (Fsp3) is 0.500. The molecule has 3 heterocycles. The molecule has 1 aromatic heterocycles. The van der Waals surface area contributed by atoms with Crippen LogP contribution in [0.2, 0.25) is 0 Å². The first kappa shape index (κ1) is 43.3. The highest BCUT2D eigenvalue weighted by atomic mass is 35.5. The maximum atomic E-state index is 14.5. The van der Waals surface area contributed by atoms with Crippen LogP contribution in [0.1, 0.15) is 73.4 Å². The molecule has 7 rings (SSSR count). The van der Waals surface area contributed by atoms with Gasteiger partial charge in [-0.2, -0.15) is 0 Å². The number of oxime groups is 1. The van der Waals surface area contributed by atoms with E-state index in [1.807, 2.05) is 55.5 Å². The first-order valence-corrected chi connectivity index (χ1v) is 21.4. The average molecular weight is 846 g/mol. The minimum absolute atomic E-state index is 0.00548. The van der Waals surface area contributed by atoms with Gasteiger partial charge in [-0.05, 0) is 98.0 Å². The summed E-state index contributed by atoms with van der Waals surface area (Å²) >= 11 is 6.08. The number of ether oxygens (including phenoxy) is 6. The zero-order valence-corrected chi connectivity index (χ0v) is 35.2. The number of pyridine rings is 1. The van der Waals surface area contributed by atoms with Gasteiger partial charge in [0, 0.05) is 43.4 Å². The van der Waals surface area contributed by atoms with Crippen LogP contribution in [0.4, 0.5) is 4.79 Å². The van der Waals surface area contributed by atoms with Crippen molar-refractivity contribution in [1.29, 1.82) is 0 Å². The Bertz CT molecular complexity index is 2030. The molecule has 1 fully saturated rings. The van der Waals surface area contributed by atoms with Crippen molar-refractivity contribution in [3.8, 4) is 23.0 Å². The molecule has 14 heteroatoms. The number of carbonyl (C=O) groups is 1. The van der Waals surface area contributed by atoms with Crippen LogP contribution in [0, 0.1) is 24.7 Å². The van der Waals surface area contributed by atoms with Gasteiger partial charge in [-0.1, -0.05) is 42.3 Å². The zero-order valence-electron chi connectivity index (χ0n) is 34.4. The van der Waals surface area contributed by atoms with E-state index in [0.29, 0.717) is 41.6 Å². The Kier molecular flexibility index (Phi) is 14.5. The minimum Gasteiger partial charge on any atom is -0.487 e. The Morgan fingerprint density at radius 1 is 1.05 bits per heavy atom. The monoisotopic (exact) mass is 845 g/mol. The number of alkyl halides is 1. The number of fused-ring (bicyclic) bond motifs is 3. The molecule has 0 bridgehead atoms. The molecule has 2 aliphatic carbocycles. The Balaban J connectivity index is 1.41. The Hall–Kier alpha value is -4.82. The van der Waals surface area contributed by atoms with Gasteiger partial charge in [-0.25, -0.2) is 4.79 Å². The standard InChI is InChI=1S/C46H56ClN3O10/c1-4-21-59-46-42(50(45(53)55-22-18-47)27-31-14-16-40-41(23-31)58-29-57-40)26-38(49-54-3)36-24-32(11-5-7-19-51)35(13-6-8-20-52)43(44(36)46)37-25-34(15-17-39(37)60-46)56-28-33-12-9-10-30(2)48-33/h4,9-10,12,14-17,23-25,32,35,42-44,51-52H,1,5-8,11,13,18-22,26-29H2,2-3H3. The number of benzene rings is 2. The second kappa shape index (κ2) is 20.2. The average Bonchev–Trinajstić information content (AvgIpc) is 3.73. The molecule has 60 heavy (non-hydrogen) atoms. The third-order valence-corrected chi connectivity index (χ3v) is 12.0. The molecular weight excluding hydrogens is 790 g/mol. The van der Waals surface area contributed by atoms with Crippen molar-refractivity contribution in [2.24, 2.45) is 22.9 Å². The topological polar surface area (TPSA) is 151 Å². The molecule has 1 saturated carbocycles. The predicted molar refractivity (Wildman–Crippen MR) is 225 cm³/mol. The van der Waals surface area contributed by atoms with Crippen LogP contribution in [0.5, 0.6) is 23.0 Å². The molecule has 0 spiro atoms. The molecule has 322 valence electrons. The lowest BCUT2D eigenvalue weighted by atomic mass is 9.55. The van der Waals surface area contributed by atoms with Crippen LogP contribution in [0.15, 0.2) is 84.1 Å². The maximum absolute atomic E-state index is 14.5. The summed E-state index contributed by atoms with van der Waals surface area (Å²) < 4.78 is 37.9. The third-order valence-electron chi connectivity index (χ3n) is 11.9. The maximum Gasteiger partial charge on any atom is 0.410 e. The molecule has 3 aromatic rings. The highest BCUT2D eigenvalue weighted by molar-refractivity contribution is 6.18. The van der Waals surface area contributed by atoms with E-state index in [1.54, 1.807) is 11.0 Å². The lowest BCUT2D eigenvalue weighted by Crippen LogP contribution is -2.70. The first-order valence-electron chi connectivity index (χ1n) is 20.9. The summed E-state index contributed by atoms with van der Waals surface area (Å²) in [5, 5.41) is 24.5. The first-order chi connectivity index (χ1) is 29.3. The lowest BCUT2D eigenvalue weighted by Gasteiger charge is -2.59. The molecule has 6 unspecified atom stereocenters. The second-order valence-electron chi connectivity index (χ2n) is 15.6. The van der Waals surface area contributed by atoms with Gasteiger partial charge in [-0.3, -0.25) is 9.88 Å². The van der Waals surface area contributed by atoms with Crippen molar-refractivity contribution in [3.05, 3.63) is 101 Å². The van der Waals surface area contributed by atoms with Crippen molar-refractivity contribution in [2.75, 3.05) is 46.2 Å². The predicted octanol–water partition coefficient (Wildman–Crippen LogP) is 7.84. The van der Waals surface area contributed by atoms with Crippen LogP contribution < -0.4 is 18.9 Å². The van der Waals surface area contributed by atoms with Gasteiger partial charge < -0.3 is 43.5 Å². The summed E-state index contributed by atoms with van der Waals surface area (Å²) in [6, 6.07) is 16.5. The fourth-order valence-corrected chi connectivity index (χ4v) is 9.51. The number of aryl methyl sites for hydroxylation is 1. The number of amides is 1. The normalized spacial score (nSPS) is 24.1. The molecule has 13 nitrogen and oxygen atoms in total. The fourth-order valence-electron chi connectivity index (χ4n) is 9.43. The van der Waals surface area contributed by atoms with E-state index in [-0.39, 0.29) is 76.4 Å². The van der Waals surface area contributed by atoms with E-state index < -0.39 is 23.8 Å². The number of aliphatic hydroxyl groups is 2. The largest absolute Gasteiger partial charge is 0.487 e. The highest BCUT2D eigenvalue weighted by Gasteiger charge is 2.65. The SMILES string of the molecule is C=CCOC12Oc3ccc(OCc4cccc(C)n4)cc3C3C(CCCCO)C(CCCCO)C=C(C(=NOC)CC1N(Cc1ccc4c(c1)OCO4)C(=O)OCCCl)C32. The molecular formula is C46H56ClN3O10. The molecule has 4 aliphatic rings. The minimum atomic E-state index is -1.47. The van der Waals surface area contributed by atoms with Crippen LogP contribution >= 0.6 is 11.6 Å². The van der Waals surface area contributed by atoms with E-state index in [2.05, 4.69) is 28.9 Å². The van der Waals surface area contributed by atoms with Gasteiger partial charge in [0.2, 0.25) is 12.6 Å². The van der Waals surface area contributed by atoms with Crippen LogP contribution in [-0.4, -0.2) is 89.9 Å². The van der Waals surface area contributed by atoms with Crippen LogP contribution in [-0.2, 0) is 27.5 Å². The number of aromatic nitrogens is 1. The van der Waals surface area contributed by atoms with Gasteiger partial charge >= 0.3 is 6.09 Å². The van der Waals surface area contributed by atoms with E-state index in [1.165, 1.54) is 7.11 Å².